The minimum atomic E-state index is -0.0773. The minimum absolute atomic E-state index is 0.0773. The molecule has 1 fully saturated rings. The molecule has 0 saturated heterocycles. The van der Waals surface area contributed by atoms with Gasteiger partial charge in [-0.2, -0.15) is 0 Å². The van der Waals surface area contributed by atoms with Crippen LogP contribution in [0.3, 0.4) is 0 Å². The summed E-state index contributed by atoms with van der Waals surface area (Å²) in [5.41, 5.74) is 2.01. The van der Waals surface area contributed by atoms with Crippen molar-refractivity contribution in [3.8, 4) is 0 Å². The van der Waals surface area contributed by atoms with Gasteiger partial charge in [0, 0.05) is 36.4 Å². The van der Waals surface area contributed by atoms with Gasteiger partial charge in [0.25, 0.3) is 0 Å². The van der Waals surface area contributed by atoms with Crippen LogP contribution in [0.1, 0.15) is 36.4 Å². The van der Waals surface area contributed by atoms with Crippen LogP contribution in [0.25, 0.3) is 0 Å². The Kier molecular flexibility index (Phi) is 5.30. The fraction of sp³-hybridized carbons (Fsp3) is 0.389. The van der Waals surface area contributed by atoms with E-state index >= 15 is 0 Å². The zero-order chi connectivity index (χ0) is 16.9. The quantitative estimate of drug-likeness (QED) is 0.921. The number of carbonyl (C=O) groups excluding carboxylic acids is 1. The molecule has 1 aromatic carbocycles. The second kappa shape index (κ2) is 7.62. The zero-order valence-electron chi connectivity index (χ0n) is 13.7. The number of nitrogens with zero attached hydrogens (tertiary/aromatic N) is 3. The number of nitrogens with one attached hydrogen (secondary N) is 1. The SMILES string of the molecule is CN(Cc1cnccn1)C(=O)N[C@H]1CCC[C@H]1c1ccc(Cl)cc1. The van der Waals surface area contributed by atoms with E-state index in [4.69, 9.17) is 11.6 Å². The van der Waals surface area contributed by atoms with Crippen molar-refractivity contribution < 1.29 is 4.79 Å². The predicted molar refractivity (Wildman–Crippen MR) is 93.9 cm³/mol. The summed E-state index contributed by atoms with van der Waals surface area (Å²) in [4.78, 5) is 22.4. The molecule has 1 heterocycles. The third kappa shape index (κ3) is 4.03. The number of halogens is 1. The van der Waals surface area contributed by atoms with Gasteiger partial charge in [-0.05, 0) is 30.5 Å². The Hall–Kier alpha value is -2.14. The van der Waals surface area contributed by atoms with Crippen molar-refractivity contribution in [2.75, 3.05) is 7.05 Å². The zero-order valence-corrected chi connectivity index (χ0v) is 14.4. The molecule has 5 nitrogen and oxygen atoms in total. The number of hydrogen-bond acceptors (Lipinski definition) is 3. The predicted octanol–water partition coefficient (Wildman–Crippen LogP) is 3.61. The van der Waals surface area contributed by atoms with Crippen molar-refractivity contribution in [2.24, 2.45) is 0 Å². The maximum atomic E-state index is 12.5. The van der Waals surface area contributed by atoms with Crippen molar-refractivity contribution >= 4 is 17.6 Å². The van der Waals surface area contributed by atoms with E-state index in [0.29, 0.717) is 12.5 Å². The van der Waals surface area contributed by atoms with Crippen LogP contribution in [0.4, 0.5) is 4.79 Å². The summed E-state index contributed by atoms with van der Waals surface area (Å²) in [6.07, 6.45) is 8.13. The fourth-order valence-corrected chi connectivity index (χ4v) is 3.36. The van der Waals surface area contributed by atoms with Crippen molar-refractivity contribution in [3.05, 3.63) is 59.1 Å². The first kappa shape index (κ1) is 16.7. The van der Waals surface area contributed by atoms with Crippen molar-refractivity contribution in [3.63, 3.8) is 0 Å². The molecule has 0 aliphatic heterocycles. The van der Waals surface area contributed by atoms with Crippen LogP contribution in [-0.4, -0.2) is 34.0 Å². The second-order valence-corrected chi connectivity index (χ2v) is 6.63. The molecule has 0 bridgehead atoms. The summed E-state index contributed by atoms with van der Waals surface area (Å²) in [5, 5.41) is 3.90. The van der Waals surface area contributed by atoms with E-state index in [2.05, 4.69) is 27.4 Å². The monoisotopic (exact) mass is 344 g/mol. The molecule has 0 spiro atoms. The number of benzene rings is 1. The van der Waals surface area contributed by atoms with E-state index in [1.54, 1.807) is 30.5 Å². The molecule has 2 aromatic rings. The standard InChI is InChI=1S/C18H21ClN4O/c1-23(12-15-11-20-9-10-21-15)18(24)22-17-4-2-3-16(17)13-5-7-14(19)8-6-13/h5-11,16-17H,2-4,12H2,1H3,(H,22,24)/t16-,17-/m0/s1. The highest BCUT2D eigenvalue weighted by atomic mass is 35.5. The van der Waals surface area contributed by atoms with Crippen LogP contribution in [0, 0.1) is 0 Å². The van der Waals surface area contributed by atoms with E-state index in [0.717, 1.165) is 30.0 Å². The number of aromatic nitrogens is 2. The molecular formula is C18H21ClN4O. The van der Waals surface area contributed by atoms with Gasteiger partial charge < -0.3 is 10.2 Å². The minimum Gasteiger partial charge on any atom is -0.335 e. The molecule has 3 rings (SSSR count). The Bertz CT molecular complexity index is 677. The lowest BCUT2D eigenvalue weighted by atomic mass is 9.94. The summed E-state index contributed by atoms with van der Waals surface area (Å²) in [7, 11) is 1.77. The van der Waals surface area contributed by atoms with Crippen LogP contribution in [-0.2, 0) is 6.54 Å². The Labute approximate surface area is 147 Å². The van der Waals surface area contributed by atoms with Crippen molar-refractivity contribution in [1.29, 1.82) is 0 Å². The van der Waals surface area contributed by atoms with Crippen molar-refractivity contribution in [2.45, 2.75) is 37.8 Å². The molecule has 24 heavy (non-hydrogen) atoms. The highest BCUT2D eigenvalue weighted by molar-refractivity contribution is 6.30. The summed E-state index contributed by atoms with van der Waals surface area (Å²) >= 11 is 5.97. The number of rotatable bonds is 4. The molecule has 1 aliphatic carbocycles. The Morgan fingerprint density at radius 1 is 1.29 bits per heavy atom. The Balaban J connectivity index is 1.61. The first-order valence-electron chi connectivity index (χ1n) is 8.15. The average Bonchev–Trinajstić information content (AvgIpc) is 3.04. The Morgan fingerprint density at radius 2 is 2.08 bits per heavy atom. The highest BCUT2D eigenvalue weighted by Gasteiger charge is 2.30. The molecule has 1 N–H and O–H groups in total. The topological polar surface area (TPSA) is 58.1 Å². The summed E-state index contributed by atoms with van der Waals surface area (Å²) in [6.45, 7) is 0.442. The molecule has 1 aliphatic rings. The second-order valence-electron chi connectivity index (χ2n) is 6.20. The maximum Gasteiger partial charge on any atom is 0.317 e. The van der Waals surface area contributed by atoms with Gasteiger partial charge in [0.2, 0.25) is 0 Å². The molecule has 1 saturated carbocycles. The first-order valence-corrected chi connectivity index (χ1v) is 8.53. The molecule has 0 radical (unpaired) electrons. The third-order valence-electron chi connectivity index (χ3n) is 4.49. The summed E-state index contributed by atoms with van der Waals surface area (Å²) in [5.74, 6) is 0.344. The fourth-order valence-electron chi connectivity index (χ4n) is 3.24. The number of amides is 2. The number of hydrogen-bond donors (Lipinski definition) is 1. The lowest BCUT2D eigenvalue weighted by Gasteiger charge is -2.25. The lowest BCUT2D eigenvalue weighted by molar-refractivity contribution is 0.201. The molecule has 126 valence electrons. The van der Waals surface area contributed by atoms with Gasteiger partial charge in [-0.15, -0.1) is 0 Å². The number of carbonyl (C=O) groups is 1. The maximum absolute atomic E-state index is 12.5. The molecule has 2 amide bonds. The molecular weight excluding hydrogens is 324 g/mol. The van der Waals surface area contributed by atoms with Crippen LogP contribution < -0.4 is 5.32 Å². The van der Waals surface area contributed by atoms with Gasteiger partial charge >= 0.3 is 6.03 Å². The first-order chi connectivity index (χ1) is 11.6. The van der Waals surface area contributed by atoms with Crippen LogP contribution >= 0.6 is 11.6 Å². The van der Waals surface area contributed by atoms with Gasteiger partial charge in [-0.25, -0.2) is 4.79 Å². The average molecular weight is 345 g/mol. The van der Waals surface area contributed by atoms with Crippen LogP contribution in [0.5, 0.6) is 0 Å². The number of urea groups is 1. The largest absolute Gasteiger partial charge is 0.335 e. The van der Waals surface area contributed by atoms with Gasteiger partial charge in [-0.3, -0.25) is 9.97 Å². The molecule has 6 heteroatoms. The normalized spacial score (nSPS) is 19.9. The van der Waals surface area contributed by atoms with E-state index in [9.17, 15) is 4.79 Å². The molecule has 2 atom stereocenters. The Morgan fingerprint density at radius 3 is 2.79 bits per heavy atom. The van der Waals surface area contributed by atoms with Gasteiger partial charge in [0.15, 0.2) is 0 Å². The van der Waals surface area contributed by atoms with Crippen LogP contribution in [0.15, 0.2) is 42.9 Å². The summed E-state index contributed by atoms with van der Waals surface area (Å²) < 4.78 is 0. The van der Waals surface area contributed by atoms with Crippen LogP contribution in [0.2, 0.25) is 5.02 Å². The highest BCUT2D eigenvalue weighted by Crippen LogP contribution is 2.35. The lowest BCUT2D eigenvalue weighted by Crippen LogP contribution is -2.43. The molecule has 1 aromatic heterocycles. The van der Waals surface area contributed by atoms with Gasteiger partial charge in [0.1, 0.15) is 0 Å². The molecule has 0 unspecified atom stereocenters. The summed E-state index contributed by atoms with van der Waals surface area (Å²) in [6, 6.07) is 8.01. The van der Waals surface area contributed by atoms with Crippen molar-refractivity contribution in [1.82, 2.24) is 20.2 Å². The van der Waals surface area contributed by atoms with E-state index < -0.39 is 0 Å². The van der Waals surface area contributed by atoms with Gasteiger partial charge in [0.05, 0.1) is 18.4 Å². The third-order valence-corrected chi connectivity index (χ3v) is 4.74. The van der Waals surface area contributed by atoms with E-state index in [1.807, 2.05) is 12.1 Å². The van der Waals surface area contributed by atoms with E-state index in [1.165, 1.54) is 5.56 Å². The van der Waals surface area contributed by atoms with Gasteiger partial charge in [-0.1, -0.05) is 30.2 Å². The van der Waals surface area contributed by atoms with E-state index in [-0.39, 0.29) is 12.1 Å². The smallest absolute Gasteiger partial charge is 0.317 e.